The van der Waals surface area contributed by atoms with Gasteiger partial charge >= 0.3 is 0 Å². The molecule has 0 bridgehead atoms. The second-order valence-electron chi connectivity index (χ2n) is 3.90. The van der Waals surface area contributed by atoms with Crippen molar-refractivity contribution >= 4 is 9.84 Å². The van der Waals surface area contributed by atoms with E-state index < -0.39 is 9.84 Å². The molecule has 14 heavy (non-hydrogen) atoms. The summed E-state index contributed by atoms with van der Waals surface area (Å²) in [5.74, 6) is 3.22. The van der Waals surface area contributed by atoms with Crippen LogP contribution in [0.3, 0.4) is 0 Å². The first-order valence-corrected chi connectivity index (χ1v) is 6.75. The van der Waals surface area contributed by atoms with Gasteiger partial charge in [-0.2, -0.15) is 0 Å². The van der Waals surface area contributed by atoms with Crippen LogP contribution in [0.15, 0.2) is 0 Å². The number of sulfone groups is 1. The van der Waals surface area contributed by atoms with Gasteiger partial charge in [0.25, 0.3) is 0 Å². The molecule has 1 aliphatic heterocycles. The maximum atomic E-state index is 11.1. The Kier molecular flexibility index (Phi) is 3.97. The molecular formula is C10H17NO2S. The predicted molar refractivity (Wildman–Crippen MR) is 57.7 cm³/mol. The zero-order chi connectivity index (χ0) is 10.6. The van der Waals surface area contributed by atoms with Gasteiger partial charge in [-0.15, -0.1) is 12.3 Å². The van der Waals surface area contributed by atoms with Crippen LogP contribution in [0.1, 0.15) is 26.2 Å². The van der Waals surface area contributed by atoms with Crippen molar-refractivity contribution in [1.82, 2.24) is 5.32 Å². The third-order valence-electron chi connectivity index (χ3n) is 2.50. The van der Waals surface area contributed by atoms with Crippen LogP contribution in [0.5, 0.6) is 0 Å². The van der Waals surface area contributed by atoms with Crippen LogP contribution >= 0.6 is 0 Å². The molecule has 1 atom stereocenters. The normalized spacial score (nSPS) is 24.0. The zero-order valence-electron chi connectivity index (χ0n) is 8.49. The van der Waals surface area contributed by atoms with Gasteiger partial charge in [-0.3, -0.25) is 0 Å². The first-order chi connectivity index (χ1) is 6.53. The molecule has 0 aromatic carbocycles. The average molecular weight is 215 g/mol. The van der Waals surface area contributed by atoms with Gasteiger partial charge in [0.1, 0.15) is 9.84 Å². The quantitative estimate of drug-likeness (QED) is 0.700. The fourth-order valence-corrected chi connectivity index (χ4v) is 3.19. The van der Waals surface area contributed by atoms with Crippen molar-refractivity contribution in [1.29, 1.82) is 0 Å². The van der Waals surface area contributed by atoms with Crippen molar-refractivity contribution in [3.05, 3.63) is 0 Å². The highest BCUT2D eigenvalue weighted by Crippen LogP contribution is 2.12. The lowest BCUT2D eigenvalue weighted by Crippen LogP contribution is -2.41. The molecule has 1 rings (SSSR count). The summed E-state index contributed by atoms with van der Waals surface area (Å²) in [5, 5.41) is 3.35. The van der Waals surface area contributed by atoms with Crippen molar-refractivity contribution in [2.24, 2.45) is 0 Å². The fourth-order valence-electron chi connectivity index (χ4n) is 1.69. The van der Waals surface area contributed by atoms with Gasteiger partial charge in [-0.1, -0.05) is 0 Å². The summed E-state index contributed by atoms with van der Waals surface area (Å²) < 4.78 is 22.3. The van der Waals surface area contributed by atoms with Crippen LogP contribution in [-0.2, 0) is 9.84 Å². The second-order valence-corrected chi connectivity index (χ2v) is 6.21. The molecule has 1 aliphatic rings. The first-order valence-electron chi connectivity index (χ1n) is 4.93. The topological polar surface area (TPSA) is 46.2 Å². The predicted octanol–water partition coefficient (Wildman–Crippen LogP) is 0.565. The lowest BCUT2D eigenvalue weighted by Gasteiger charge is -2.25. The fraction of sp³-hybridized carbons (Fsp3) is 0.800. The van der Waals surface area contributed by atoms with Crippen LogP contribution in [0.2, 0.25) is 0 Å². The van der Waals surface area contributed by atoms with Crippen LogP contribution in [0.25, 0.3) is 0 Å². The Hall–Kier alpha value is -0.530. The summed E-state index contributed by atoms with van der Waals surface area (Å²) in [5.41, 5.74) is 0. The van der Waals surface area contributed by atoms with Crippen LogP contribution in [-0.4, -0.2) is 32.0 Å². The van der Waals surface area contributed by atoms with Crippen LogP contribution in [0, 0.1) is 12.3 Å². The zero-order valence-corrected chi connectivity index (χ0v) is 9.31. The Morgan fingerprint density at radius 1 is 1.50 bits per heavy atom. The van der Waals surface area contributed by atoms with E-state index in [0.29, 0.717) is 24.0 Å². The molecule has 1 fully saturated rings. The van der Waals surface area contributed by atoms with Gasteiger partial charge < -0.3 is 5.32 Å². The summed E-state index contributed by atoms with van der Waals surface area (Å²) in [6, 6.07) is 0.604. The first kappa shape index (κ1) is 11.5. The van der Waals surface area contributed by atoms with Crippen molar-refractivity contribution < 1.29 is 8.42 Å². The highest BCUT2D eigenvalue weighted by Gasteiger charge is 2.23. The van der Waals surface area contributed by atoms with E-state index in [9.17, 15) is 8.42 Å². The highest BCUT2D eigenvalue weighted by molar-refractivity contribution is 7.91. The van der Waals surface area contributed by atoms with E-state index in [1.165, 1.54) is 0 Å². The van der Waals surface area contributed by atoms with Crippen molar-refractivity contribution in [3.8, 4) is 12.3 Å². The van der Waals surface area contributed by atoms with E-state index in [1.54, 1.807) is 0 Å². The van der Waals surface area contributed by atoms with Gasteiger partial charge in [-0.05, 0) is 19.8 Å². The number of hydrogen-bond donors (Lipinski definition) is 1. The molecule has 0 aromatic rings. The molecule has 1 heterocycles. The molecule has 0 aromatic heterocycles. The number of nitrogens with one attached hydrogen (secondary N) is 1. The number of terminal acetylenes is 1. The van der Waals surface area contributed by atoms with Gasteiger partial charge in [0.05, 0.1) is 11.5 Å². The van der Waals surface area contributed by atoms with Crippen molar-refractivity contribution in [2.75, 3.05) is 11.5 Å². The monoisotopic (exact) mass is 215 g/mol. The molecule has 0 spiro atoms. The summed E-state index contributed by atoms with van der Waals surface area (Å²) in [7, 11) is -2.74. The molecule has 0 saturated carbocycles. The van der Waals surface area contributed by atoms with Crippen molar-refractivity contribution in [2.45, 2.75) is 38.3 Å². The van der Waals surface area contributed by atoms with Gasteiger partial charge in [-0.25, -0.2) is 8.42 Å². The minimum absolute atomic E-state index is 0.283. The largest absolute Gasteiger partial charge is 0.310 e. The summed E-state index contributed by atoms with van der Waals surface area (Å²) in [6.07, 6.45) is 7.33. The minimum Gasteiger partial charge on any atom is -0.310 e. The van der Waals surface area contributed by atoms with Crippen LogP contribution < -0.4 is 5.32 Å². The highest BCUT2D eigenvalue weighted by atomic mass is 32.2. The summed E-state index contributed by atoms with van der Waals surface area (Å²) >= 11 is 0. The lowest BCUT2D eigenvalue weighted by atomic mass is 10.1. The standard InChI is InChI=1S/C10H17NO2S/c1-3-4-9(2)11-10-5-7-14(12,13)8-6-10/h1,9-11H,4-8H2,2H3. The Balaban J connectivity index is 2.33. The molecule has 80 valence electrons. The van der Waals surface area contributed by atoms with Gasteiger partial charge in [0.2, 0.25) is 0 Å². The number of hydrogen-bond acceptors (Lipinski definition) is 3. The molecule has 0 aliphatic carbocycles. The van der Waals surface area contributed by atoms with E-state index >= 15 is 0 Å². The maximum Gasteiger partial charge on any atom is 0.150 e. The molecule has 1 N–H and O–H groups in total. The number of rotatable bonds is 3. The Morgan fingerprint density at radius 3 is 2.57 bits per heavy atom. The smallest absolute Gasteiger partial charge is 0.150 e. The Labute approximate surface area is 86.2 Å². The van der Waals surface area contributed by atoms with Crippen molar-refractivity contribution in [3.63, 3.8) is 0 Å². The van der Waals surface area contributed by atoms with Gasteiger partial charge in [0, 0.05) is 18.5 Å². The Bertz CT molecular complexity index is 302. The van der Waals surface area contributed by atoms with Gasteiger partial charge in [0.15, 0.2) is 0 Å². The third-order valence-corrected chi connectivity index (χ3v) is 4.21. The summed E-state index contributed by atoms with van der Waals surface area (Å²) in [6.45, 7) is 2.03. The molecule has 0 amide bonds. The molecule has 1 saturated heterocycles. The van der Waals surface area contributed by atoms with Crippen LogP contribution in [0.4, 0.5) is 0 Å². The molecule has 0 radical (unpaired) electrons. The van der Waals surface area contributed by atoms with E-state index in [1.807, 2.05) is 6.92 Å². The summed E-state index contributed by atoms with van der Waals surface area (Å²) in [4.78, 5) is 0. The minimum atomic E-state index is -2.74. The third kappa shape index (κ3) is 3.69. The molecule has 3 nitrogen and oxygen atoms in total. The maximum absolute atomic E-state index is 11.1. The van der Waals surface area contributed by atoms with E-state index in [4.69, 9.17) is 6.42 Å². The molecule has 1 unspecified atom stereocenters. The van der Waals surface area contributed by atoms with E-state index in [2.05, 4.69) is 11.2 Å². The lowest BCUT2D eigenvalue weighted by molar-refractivity contribution is 0.416. The molecule has 4 heteroatoms. The second kappa shape index (κ2) is 4.81. The van der Waals surface area contributed by atoms with E-state index in [0.717, 1.165) is 12.8 Å². The van der Waals surface area contributed by atoms with E-state index in [-0.39, 0.29) is 6.04 Å². The average Bonchev–Trinajstić information content (AvgIpc) is 2.09. The Morgan fingerprint density at radius 2 is 2.07 bits per heavy atom. The molecular weight excluding hydrogens is 198 g/mol. The SMILES string of the molecule is C#CCC(C)NC1CCS(=O)(=O)CC1.